The molecule has 2 heterocycles. The van der Waals surface area contributed by atoms with E-state index < -0.39 is 0 Å². The van der Waals surface area contributed by atoms with Crippen molar-refractivity contribution in [2.45, 2.75) is 40.2 Å². The van der Waals surface area contributed by atoms with E-state index in [4.69, 9.17) is 4.74 Å². The van der Waals surface area contributed by atoms with Crippen molar-refractivity contribution in [3.8, 4) is 16.9 Å². The van der Waals surface area contributed by atoms with Gasteiger partial charge in [0.25, 0.3) is 0 Å². The maximum Gasteiger partial charge on any atom is 0.247 e. The Balaban J connectivity index is 2.09. The number of pyridine rings is 1. The van der Waals surface area contributed by atoms with Crippen molar-refractivity contribution in [1.29, 1.82) is 0 Å². The second kappa shape index (κ2) is 7.66. The van der Waals surface area contributed by atoms with Crippen LogP contribution in [0.1, 0.15) is 31.5 Å². The highest BCUT2D eigenvalue weighted by Gasteiger charge is 2.15. The first-order chi connectivity index (χ1) is 12.9. The fourth-order valence-corrected chi connectivity index (χ4v) is 3.03. The van der Waals surface area contributed by atoms with Gasteiger partial charge < -0.3 is 15.0 Å². The van der Waals surface area contributed by atoms with Crippen LogP contribution >= 0.6 is 0 Å². The van der Waals surface area contributed by atoms with Gasteiger partial charge in [-0.1, -0.05) is 25.6 Å². The fourth-order valence-electron chi connectivity index (χ4n) is 3.03. The molecule has 0 unspecified atom stereocenters. The number of H-pyrrole nitrogens is 1. The van der Waals surface area contributed by atoms with Gasteiger partial charge in [-0.15, -0.1) is 0 Å². The first-order valence-electron chi connectivity index (χ1n) is 9.12. The van der Waals surface area contributed by atoms with Gasteiger partial charge in [-0.05, 0) is 56.5 Å². The Morgan fingerprint density at radius 1 is 1.37 bits per heavy atom. The maximum absolute atomic E-state index is 11.7. The van der Waals surface area contributed by atoms with E-state index in [1.54, 1.807) is 6.20 Å². The molecule has 1 amide bonds. The monoisotopic (exact) mass is 363 g/mol. The molecule has 0 bridgehead atoms. The summed E-state index contributed by atoms with van der Waals surface area (Å²) in [6.07, 6.45) is 4.08. The van der Waals surface area contributed by atoms with Crippen molar-refractivity contribution < 1.29 is 9.53 Å². The van der Waals surface area contributed by atoms with Gasteiger partial charge in [0.05, 0.1) is 12.3 Å². The number of rotatable bonds is 6. The summed E-state index contributed by atoms with van der Waals surface area (Å²) in [6.45, 7) is 11.6. The lowest BCUT2D eigenvalue weighted by Gasteiger charge is -2.13. The molecule has 3 aromatic rings. The van der Waals surface area contributed by atoms with Crippen molar-refractivity contribution in [2.24, 2.45) is 0 Å². The van der Waals surface area contributed by atoms with Crippen LogP contribution in [0.2, 0.25) is 0 Å². The summed E-state index contributed by atoms with van der Waals surface area (Å²) >= 11 is 0. The minimum Gasteiger partial charge on any atom is -0.489 e. The minimum atomic E-state index is -0.225. The van der Waals surface area contributed by atoms with E-state index in [9.17, 15) is 4.79 Å². The number of ether oxygens (including phenoxy) is 1. The topological polar surface area (TPSA) is 67.0 Å². The van der Waals surface area contributed by atoms with Gasteiger partial charge in [-0.3, -0.25) is 4.79 Å². The Labute approximate surface area is 159 Å². The zero-order valence-electron chi connectivity index (χ0n) is 16.2. The van der Waals surface area contributed by atoms with Crippen molar-refractivity contribution >= 4 is 22.6 Å². The standard InChI is InChI=1S/C22H25N3O2/c1-6-14(4)27-17-11-18-21(15(5)24-22(18)23-12-17)16-9-8-13(3)19(10-16)25-20(26)7-2/h7-12,14H,2,6H2,1,3-5H3,(H,23,24)(H,25,26)/t14-/m0/s1. The second-order valence-corrected chi connectivity index (χ2v) is 6.75. The number of carbonyl (C=O) groups excluding carboxylic acids is 1. The van der Waals surface area contributed by atoms with Gasteiger partial charge >= 0.3 is 0 Å². The van der Waals surface area contributed by atoms with Crippen LogP contribution in [0.15, 0.2) is 43.1 Å². The van der Waals surface area contributed by atoms with Crippen LogP contribution < -0.4 is 10.1 Å². The molecule has 0 fully saturated rings. The molecule has 1 aromatic carbocycles. The molecule has 0 aliphatic heterocycles. The van der Waals surface area contributed by atoms with E-state index in [-0.39, 0.29) is 12.0 Å². The smallest absolute Gasteiger partial charge is 0.247 e. The average molecular weight is 363 g/mol. The molecule has 0 saturated carbocycles. The van der Waals surface area contributed by atoms with Crippen LogP contribution in [0.3, 0.4) is 0 Å². The average Bonchev–Trinajstić information content (AvgIpc) is 2.98. The number of nitrogens with zero attached hydrogens (tertiary/aromatic N) is 1. The molecular weight excluding hydrogens is 338 g/mol. The van der Waals surface area contributed by atoms with E-state index in [2.05, 4.69) is 34.9 Å². The van der Waals surface area contributed by atoms with Crippen LogP contribution in [0, 0.1) is 13.8 Å². The maximum atomic E-state index is 11.7. The number of aromatic nitrogens is 2. The van der Waals surface area contributed by atoms with Crippen LogP contribution in [-0.2, 0) is 4.79 Å². The number of hydrogen-bond acceptors (Lipinski definition) is 3. The van der Waals surface area contributed by atoms with Gasteiger partial charge in [0, 0.05) is 22.3 Å². The summed E-state index contributed by atoms with van der Waals surface area (Å²) in [5.74, 6) is 0.529. The fraction of sp³-hybridized carbons (Fsp3) is 0.273. The highest BCUT2D eigenvalue weighted by molar-refractivity contribution is 6.01. The Bertz CT molecular complexity index is 1000. The van der Waals surface area contributed by atoms with Crippen molar-refractivity contribution in [1.82, 2.24) is 9.97 Å². The zero-order chi connectivity index (χ0) is 19.6. The molecular formula is C22H25N3O2. The highest BCUT2D eigenvalue weighted by atomic mass is 16.5. The summed E-state index contributed by atoms with van der Waals surface area (Å²) < 4.78 is 5.94. The van der Waals surface area contributed by atoms with Gasteiger partial charge in [0.15, 0.2) is 0 Å². The number of nitrogens with one attached hydrogen (secondary N) is 2. The van der Waals surface area contributed by atoms with E-state index in [0.717, 1.165) is 51.3 Å². The molecule has 2 N–H and O–H groups in total. The number of amides is 1. The lowest BCUT2D eigenvalue weighted by molar-refractivity contribution is -0.111. The summed E-state index contributed by atoms with van der Waals surface area (Å²) in [6, 6.07) is 8.06. The minimum absolute atomic E-state index is 0.132. The summed E-state index contributed by atoms with van der Waals surface area (Å²) in [5.41, 5.74) is 5.66. The lowest BCUT2D eigenvalue weighted by atomic mass is 10.0. The molecule has 1 atom stereocenters. The molecule has 0 aliphatic carbocycles. The summed E-state index contributed by atoms with van der Waals surface area (Å²) in [5, 5.41) is 3.87. The van der Waals surface area contributed by atoms with Crippen LogP contribution in [0.5, 0.6) is 5.75 Å². The number of aryl methyl sites for hydroxylation is 2. The van der Waals surface area contributed by atoms with Gasteiger partial charge in [0.1, 0.15) is 11.4 Å². The Kier molecular flexibility index (Phi) is 5.31. The Hall–Kier alpha value is -3.08. The van der Waals surface area contributed by atoms with Crippen LogP contribution in [0.4, 0.5) is 5.69 Å². The quantitative estimate of drug-likeness (QED) is 0.595. The molecule has 0 spiro atoms. The number of carbonyl (C=O) groups is 1. The Morgan fingerprint density at radius 3 is 2.85 bits per heavy atom. The SMILES string of the molecule is C=CC(=O)Nc1cc(-c2c(C)[nH]c3ncc(O[C@@H](C)CC)cc23)ccc1C. The molecule has 0 radical (unpaired) electrons. The largest absolute Gasteiger partial charge is 0.489 e. The number of anilines is 1. The van der Waals surface area contributed by atoms with Gasteiger partial charge in [0.2, 0.25) is 5.91 Å². The molecule has 0 saturated heterocycles. The molecule has 2 aromatic heterocycles. The molecule has 0 aliphatic rings. The summed E-state index contributed by atoms with van der Waals surface area (Å²) in [4.78, 5) is 19.6. The predicted octanol–water partition coefficient (Wildman–Crippen LogP) is 5.15. The lowest BCUT2D eigenvalue weighted by Crippen LogP contribution is -2.09. The highest BCUT2D eigenvalue weighted by Crippen LogP contribution is 2.35. The third-order valence-corrected chi connectivity index (χ3v) is 4.69. The van der Waals surface area contributed by atoms with E-state index in [1.807, 2.05) is 39.0 Å². The van der Waals surface area contributed by atoms with E-state index in [0.29, 0.717) is 0 Å². The molecule has 5 heteroatoms. The second-order valence-electron chi connectivity index (χ2n) is 6.75. The number of benzene rings is 1. The van der Waals surface area contributed by atoms with Crippen LogP contribution in [-0.4, -0.2) is 22.0 Å². The molecule has 140 valence electrons. The van der Waals surface area contributed by atoms with Crippen molar-refractivity contribution in [3.63, 3.8) is 0 Å². The normalized spacial score (nSPS) is 12.0. The van der Waals surface area contributed by atoms with Crippen molar-refractivity contribution in [3.05, 3.63) is 54.4 Å². The van der Waals surface area contributed by atoms with E-state index >= 15 is 0 Å². The Morgan fingerprint density at radius 2 is 2.15 bits per heavy atom. The third kappa shape index (κ3) is 3.87. The predicted molar refractivity (Wildman–Crippen MR) is 110 cm³/mol. The molecule has 27 heavy (non-hydrogen) atoms. The van der Waals surface area contributed by atoms with Crippen molar-refractivity contribution in [2.75, 3.05) is 5.32 Å². The molecule has 5 nitrogen and oxygen atoms in total. The number of fused-ring (bicyclic) bond motifs is 1. The van der Waals surface area contributed by atoms with Gasteiger partial charge in [-0.2, -0.15) is 0 Å². The number of hydrogen-bond donors (Lipinski definition) is 2. The van der Waals surface area contributed by atoms with Gasteiger partial charge in [-0.25, -0.2) is 4.98 Å². The first kappa shape index (κ1) is 18.7. The molecule has 3 rings (SSSR count). The first-order valence-corrected chi connectivity index (χ1v) is 9.12. The summed E-state index contributed by atoms with van der Waals surface area (Å²) in [7, 11) is 0. The number of aromatic amines is 1. The third-order valence-electron chi connectivity index (χ3n) is 4.69. The zero-order valence-corrected chi connectivity index (χ0v) is 16.2. The van der Waals surface area contributed by atoms with E-state index in [1.165, 1.54) is 6.08 Å². The van der Waals surface area contributed by atoms with Crippen LogP contribution in [0.25, 0.3) is 22.2 Å².